The second kappa shape index (κ2) is 5.27. The fourth-order valence-corrected chi connectivity index (χ4v) is 7.19. The minimum absolute atomic E-state index is 0.0242. The van der Waals surface area contributed by atoms with Gasteiger partial charge in [0, 0.05) is 17.8 Å². The van der Waals surface area contributed by atoms with Crippen LogP contribution in [0, 0.1) is 34.5 Å². The van der Waals surface area contributed by atoms with E-state index in [9.17, 15) is 14.7 Å². The normalized spacial score (nSPS) is 50.6. The van der Waals surface area contributed by atoms with E-state index < -0.39 is 6.10 Å². The molecule has 4 aliphatic rings. The Labute approximate surface area is 144 Å². The first kappa shape index (κ1) is 16.5. The number of aliphatic hydroxyl groups is 1. The molecule has 0 aromatic rings. The van der Waals surface area contributed by atoms with E-state index in [-0.39, 0.29) is 28.3 Å². The molecule has 0 bridgehead atoms. The van der Waals surface area contributed by atoms with Gasteiger partial charge >= 0.3 is 0 Å². The van der Waals surface area contributed by atoms with E-state index in [2.05, 4.69) is 13.8 Å². The first-order chi connectivity index (χ1) is 11.3. The molecule has 132 valence electrons. The summed E-state index contributed by atoms with van der Waals surface area (Å²) in [4.78, 5) is 24.1. The van der Waals surface area contributed by atoms with Crippen molar-refractivity contribution in [3.8, 4) is 0 Å². The Hall–Kier alpha value is -0.960. The summed E-state index contributed by atoms with van der Waals surface area (Å²) in [7, 11) is 0. The van der Waals surface area contributed by atoms with Crippen molar-refractivity contribution in [1.29, 1.82) is 0 Å². The molecule has 3 nitrogen and oxygen atoms in total. The Morgan fingerprint density at radius 3 is 2.62 bits per heavy atom. The number of ketones is 2. The van der Waals surface area contributed by atoms with Gasteiger partial charge in [0.1, 0.15) is 5.78 Å². The van der Waals surface area contributed by atoms with Crippen LogP contribution in [-0.4, -0.2) is 22.8 Å². The van der Waals surface area contributed by atoms with Gasteiger partial charge in [-0.3, -0.25) is 9.59 Å². The maximum absolute atomic E-state index is 12.2. The second-order valence-corrected chi connectivity index (χ2v) is 9.33. The summed E-state index contributed by atoms with van der Waals surface area (Å²) < 4.78 is 0. The molecule has 3 heteroatoms. The molecule has 7 unspecified atom stereocenters. The van der Waals surface area contributed by atoms with Gasteiger partial charge in [-0.1, -0.05) is 19.4 Å². The van der Waals surface area contributed by atoms with Crippen LogP contribution in [0.2, 0.25) is 0 Å². The smallest absolute Gasteiger partial charge is 0.155 e. The lowest BCUT2D eigenvalue weighted by Crippen LogP contribution is -2.57. The minimum atomic E-state index is -0.394. The fourth-order valence-electron chi connectivity index (χ4n) is 7.19. The van der Waals surface area contributed by atoms with Gasteiger partial charge in [-0.2, -0.15) is 0 Å². The predicted octanol–water partition coefficient (Wildman–Crippen LogP) is 3.69. The third-order valence-electron chi connectivity index (χ3n) is 8.56. The Kier molecular flexibility index (Phi) is 3.62. The van der Waals surface area contributed by atoms with E-state index in [4.69, 9.17) is 0 Å². The Balaban J connectivity index is 1.72. The third kappa shape index (κ3) is 2.00. The number of fused-ring (bicyclic) bond motifs is 5. The SMILES string of the molecule is CC(=O)C1CCC2C3CCC4=CC(=O)CCC4(C)C3CC(O)C12C. The molecule has 0 heterocycles. The summed E-state index contributed by atoms with van der Waals surface area (Å²) in [5.41, 5.74) is 1.17. The van der Waals surface area contributed by atoms with Crippen LogP contribution in [0.15, 0.2) is 11.6 Å². The number of hydrogen-bond donors (Lipinski definition) is 1. The monoisotopic (exact) mass is 330 g/mol. The lowest BCUT2D eigenvalue weighted by atomic mass is 9.46. The van der Waals surface area contributed by atoms with Crippen molar-refractivity contribution < 1.29 is 14.7 Å². The average Bonchev–Trinajstić information content (AvgIpc) is 2.88. The van der Waals surface area contributed by atoms with Gasteiger partial charge in [-0.15, -0.1) is 0 Å². The summed E-state index contributed by atoms with van der Waals surface area (Å²) in [6, 6.07) is 0. The van der Waals surface area contributed by atoms with Crippen molar-refractivity contribution in [2.45, 2.75) is 71.8 Å². The van der Waals surface area contributed by atoms with Crippen molar-refractivity contribution in [3.05, 3.63) is 11.6 Å². The van der Waals surface area contributed by atoms with Crippen molar-refractivity contribution >= 4 is 11.6 Å². The van der Waals surface area contributed by atoms with Gasteiger partial charge < -0.3 is 5.11 Å². The van der Waals surface area contributed by atoms with Crippen LogP contribution in [0.3, 0.4) is 0 Å². The van der Waals surface area contributed by atoms with Gasteiger partial charge in [-0.25, -0.2) is 0 Å². The Morgan fingerprint density at radius 2 is 1.92 bits per heavy atom. The van der Waals surface area contributed by atoms with Gasteiger partial charge in [0.05, 0.1) is 6.10 Å². The summed E-state index contributed by atoms with van der Waals surface area (Å²) in [5.74, 6) is 2.07. The first-order valence-corrected chi connectivity index (χ1v) is 9.71. The second-order valence-electron chi connectivity index (χ2n) is 9.33. The number of hydrogen-bond acceptors (Lipinski definition) is 3. The summed E-state index contributed by atoms with van der Waals surface area (Å²) in [5, 5.41) is 11.1. The minimum Gasteiger partial charge on any atom is -0.393 e. The lowest BCUT2D eigenvalue weighted by Gasteiger charge is -2.59. The lowest BCUT2D eigenvalue weighted by molar-refractivity contribution is -0.149. The molecule has 3 saturated carbocycles. The van der Waals surface area contributed by atoms with Gasteiger partial charge in [0.15, 0.2) is 5.78 Å². The maximum atomic E-state index is 12.2. The average molecular weight is 330 g/mol. The van der Waals surface area contributed by atoms with Gasteiger partial charge in [0.25, 0.3) is 0 Å². The highest BCUT2D eigenvalue weighted by atomic mass is 16.3. The molecule has 3 fully saturated rings. The van der Waals surface area contributed by atoms with Gasteiger partial charge in [0.2, 0.25) is 0 Å². The standard InChI is InChI=1S/C21H30O3/c1-12(22)16-6-7-17-15-5-4-13-10-14(23)8-9-20(13,2)18(15)11-19(24)21(16,17)3/h10,15-19,24H,4-9,11H2,1-3H3. The predicted molar refractivity (Wildman–Crippen MR) is 92.3 cm³/mol. The van der Waals surface area contributed by atoms with Crippen molar-refractivity contribution in [2.75, 3.05) is 0 Å². The Bertz CT molecular complexity index is 621. The zero-order chi connectivity index (χ0) is 17.3. The van der Waals surface area contributed by atoms with E-state index in [1.807, 2.05) is 6.08 Å². The molecule has 4 rings (SSSR count). The molecule has 0 saturated heterocycles. The first-order valence-electron chi connectivity index (χ1n) is 9.71. The summed E-state index contributed by atoms with van der Waals surface area (Å²) >= 11 is 0. The highest BCUT2D eigenvalue weighted by Crippen LogP contribution is 2.66. The van der Waals surface area contributed by atoms with E-state index in [0.29, 0.717) is 24.2 Å². The molecule has 7 atom stereocenters. The zero-order valence-electron chi connectivity index (χ0n) is 15.2. The van der Waals surface area contributed by atoms with Crippen LogP contribution >= 0.6 is 0 Å². The van der Waals surface area contributed by atoms with E-state index in [1.165, 1.54) is 5.57 Å². The van der Waals surface area contributed by atoms with Crippen LogP contribution in [0.5, 0.6) is 0 Å². The number of Topliss-reactive ketones (excluding diaryl/α,β-unsaturated/α-hetero) is 1. The van der Waals surface area contributed by atoms with Crippen LogP contribution in [0.1, 0.15) is 65.7 Å². The molecule has 24 heavy (non-hydrogen) atoms. The Morgan fingerprint density at radius 1 is 1.17 bits per heavy atom. The van der Waals surface area contributed by atoms with Crippen molar-refractivity contribution in [2.24, 2.45) is 34.5 Å². The number of rotatable bonds is 1. The molecule has 4 aliphatic carbocycles. The van der Waals surface area contributed by atoms with Crippen LogP contribution in [0.25, 0.3) is 0 Å². The third-order valence-corrected chi connectivity index (χ3v) is 8.56. The number of allylic oxidation sites excluding steroid dienone is 1. The molecule has 0 radical (unpaired) electrons. The highest BCUT2D eigenvalue weighted by molar-refractivity contribution is 5.91. The quantitative estimate of drug-likeness (QED) is 0.797. The highest BCUT2D eigenvalue weighted by Gasteiger charge is 2.63. The molecule has 0 spiro atoms. The number of aliphatic hydroxyl groups excluding tert-OH is 1. The molecule has 0 aliphatic heterocycles. The van der Waals surface area contributed by atoms with Crippen LogP contribution < -0.4 is 0 Å². The van der Waals surface area contributed by atoms with Crippen LogP contribution in [-0.2, 0) is 9.59 Å². The largest absolute Gasteiger partial charge is 0.393 e. The molecular weight excluding hydrogens is 300 g/mol. The molecular formula is C21H30O3. The van der Waals surface area contributed by atoms with E-state index >= 15 is 0 Å². The summed E-state index contributed by atoms with van der Waals surface area (Å²) in [6.45, 7) is 6.21. The molecule has 0 aromatic carbocycles. The van der Waals surface area contributed by atoms with Crippen molar-refractivity contribution in [3.63, 3.8) is 0 Å². The van der Waals surface area contributed by atoms with Crippen LogP contribution in [0.4, 0.5) is 0 Å². The van der Waals surface area contributed by atoms with E-state index in [0.717, 1.165) is 38.5 Å². The molecule has 1 N–H and O–H groups in total. The zero-order valence-corrected chi connectivity index (χ0v) is 15.2. The van der Waals surface area contributed by atoms with E-state index in [1.54, 1.807) is 6.92 Å². The fraction of sp³-hybridized carbons (Fsp3) is 0.810. The van der Waals surface area contributed by atoms with Crippen molar-refractivity contribution in [1.82, 2.24) is 0 Å². The number of carbonyl (C=O) groups is 2. The maximum Gasteiger partial charge on any atom is 0.155 e. The molecule has 0 aromatic heterocycles. The van der Waals surface area contributed by atoms with Gasteiger partial charge in [-0.05, 0) is 74.7 Å². The topological polar surface area (TPSA) is 54.4 Å². The number of carbonyl (C=O) groups excluding carboxylic acids is 2. The molecule has 0 amide bonds. The summed E-state index contributed by atoms with van der Waals surface area (Å²) in [6.07, 6.45) is 8.06.